The fraction of sp³-hybridized carbons (Fsp3) is 0.389. The van der Waals surface area contributed by atoms with Crippen LogP contribution in [0.5, 0.6) is 5.75 Å². The van der Waals surface area contributed by atoms with Crippen LogP contribution in [-0.4, -0.2) is 47.7 Å². The normalized spacial score (nSPS) is 15.2. The lowest BCUT2D eigenvalue weighted by Crippen LogP contribution is -2.30. The first-order chi connectivity index (χ1) is 11.6. The Kier molecular flexibility index (Phi) is 5.30. The summed E-state index contributed by atoms with van der Waals surface area (Å²) in [5, 5.41) is 10.2. The van der Waals surface area contributed by atoms with E-state index < -0.39 is 0 Å². The molecule has 1 fully saturated rings. The molecule has 1 saturated heterocycles. The van der Waals surface area contributed by atoms with Crippen LogP contribution in [0, 0.1) is 0 Å². The Bertz CT molecular complexity index is 724. The predicted molar refractivity (Wildman–Crippen MR) is 89.9 cm³/mol. The van der Waals surface area contributed by atoms with E-state index in [2.05, 4.69) is 0 Å². The third kappa shape index (κ3) is 4.03. The zero-order valence-corrected chi connectivity index (χ0v) is 13.7. The molecule has 3 rings (SSSR count). The maximum absolute atomic E-state index is 12.4. The van der Waals surface area contributed by atoms with E-state index in [1.54, 1.807) is 12.3 Å². The van der Waals surface area contributed by atoms with E-state index in [4.69, 9.17) is 9.47 Å². The highest BCUT2D eigenvalue weighted by Crippen LogP contribution is 2.15. The highest BCUT2D eigenvalue weighted by molar-refractivity contribution is 5.29. The molecule has 6 nitrogen and oxygen atoms in total. The zero-order valence-electron chi connectivity index (χ0n) is 13.7. The quantitative estimate of drug-likeness (QED) is 0.867. The number of pyridine rings is 1. The van der Waals surface area contributed by atoms with Gasteiger partial charge in [0.1, 0.15) is 0 Å². The molecule has 0 amide bonds. The number of ether oxygens (including phenoxy) is 2. The highest BCUT2D eigenvalue weighted by atomic mass is 16.7. The number of hydrogen-bond donors (Lipinski definition) is 1. The van der Waals surface area contributed by atoms with E-state index >= 15 is 0 Å². The van der Waals surface area contributed by atoms with Gasteiger partial charge >= 0.3 is 0 Å². The van der Waals surface area contributed by atoms with Crippen LogP contribution in [0.3, 0.4) is 0 Å². The molecule has 1 aromatic carbocycles. The van der Waals surface area contributed by atoms with Gasteiger partial charge in [-0.05, 0) is 18.7 Å². The largest absolute Gasteiger partial charge is 0.503 e. The SMILES string of the molecule is CN(Cc1ccn(Cc2ccccc2)c(=O)c1O)CC1OCCO1. The summed E-state index contributed by atoms with van der Waals surface area (Å²) in [7, 11) is 1.90. The lowest BCUT2D eigenvalue weighted by Gasteiger charge is -2.20. The highest BCUT2D eigenvalue weighted by Gasteiger charge is 2.19. The monoisotopic (exact) mass is 330 g/mol. The topological polar surface area (TPSA) is 63.9 Å². The summed E-state index contributed by atoms with van der Waals surface area (Å²) < 4.78 is 12.3. The molecule has 2 aromatic rings. The summed E-state index contributed by atoms with van der Waals surface area (Å²) in [5.41, 5.74) is 1.24. The number of benzene rings is 1. The van der Waals surface area contributed by atoms with E-state index in [0.29, 0.717) is 38.4 Å². The van der Waals surface area contributed by atoms with Crippen molar-refractivity contribution in [1.29, 1.82) is 0 Å². The number of nitrogens with zero attached hydrogens (tertiary/aromatic N) is 2. The van der Waals surface area contributed by atoms with Crippen LogP contribution in [0.15, 0.2) is 47.4 Å². The smallest absolute Gasteiger partial charge is 0.293 e. The molecule has 0 saturated carbocycles. The van der Waals surface area contributed by atoms with Gasteiger partial charge in [0.2, 0.25) is 0 Å². The molecule has 24 heavy (non-hydrogen) atoms. The number of rotatable bonds is 6. The van der Waals surface area contributed by atoms with Gasteiger partial charge in [0.25, 0.3) is 5.56 Å². The summed E-state index contributed by atoms with van der Waals surface area (Å²) in [6, 6.07) is 11.5. The van der Waals surface area contributed by atoms with Gasteiger partial charge in [-0.2, -0.15) is 0 Å². The molecular formula is C18H22N2O4. The molecule has 2 heterocycles. The van der Waals surface area contributed by atoms with Crippen molar-refractivity contribution >= 4 is 0 Å². The third-order valence-electron chi connectivity index (χ3n) is 4.01. The maximum Gasteiger partial charge on any atom is 0.293 e. The minimum Gasteiger partial charge on any atom is -0.503 e. The van der Waals surface area contributed by atoms with Crippen molar-refractivity contribution in [3.8, 4) is 5.75 Å². The lowest BCUT2D eigenvalue weighted by molar-refractivity contribution is -0.0593. The van der Waals surface area contributed by atoms with Crippen molar-refractivity contribution in [2.24, 2.45) is 0 Å². The second-order valence-electron chi connectivity index (χ2n) is 5.98. The van der Waals surface area contributed by atoms with Crippen molar-refractivity contribution in [3.05, 3.63) is 64.1 Å². The Morgan fingerprint density at radius 2 is 1.92 bits per heavy atom. The number of aromatic nitrogens is 1. The van der Waals surface area contributed by atoms with Crippen LogP contribution in [0.1, 0.15) is 11.1 Å². The first kappa shape index (κ1) is 16.7. The molecule has 1 N–H and O–H groups in total. The fourth-order valence-electron chi connectivity index (χ4n) is 2.75. The minimum absolute atomic E-state index is 0.200. The first-order valence-electron chi connectivity index (χ1n) is 8.00. The Morgan fingerprint density at radius 1 is 1.21 bits per heavy atom. The second kappa shape index (κ2) is 7.61. The van der Waals surface area contributed by atoms with Gasteiger partial charge < -0.3 is 19.1 Å². The number of hydrogen-bond acceptors (Lipinski definition) is 5. The minimum atomic E-state index is -0.377. The zero-order chi connectivity index (χ0) is 16.9. The van der Waals surface area contributed by atoms with Crippen molar-refractivity contribution in [2.75, 3.05) is 26.8 Å². The molecule has 6 heteroatoms. The standard InChI is InChI=1S/C18H22N2O4/c1-19(13-16-23-9-10-24-16)12-15-7-8-20(18(22)17(15)21)11-14-5-3-2-4-6-14/h2-8,16,21H,9-13H2,1H3. The van der Waals surface area contributed by atoms with Gasteiger partial charge in [-0.1, -0.05) is 30.3 Å². The van der Waals surface area contributed by atoms with Gasteiger partial charge in [-0.3, -0.25) is 9.69 Å². The van der Waals surface area contributed by atoms with Crippen molar-refractivity contribution in [1.82, 2.24) is 9.47 Å². The van der Waals surface area contributed by atoms with Crippen LogP contribution in [0.25, 0.3) is 0 Å². The molecule has 0 aliphatic carbocycles. The third-order valence-corrected chi connectivity index (χ3v) is 4.01. The van der Waals surface area contributed by atoms with Crippen LogP contribution < -0.4 is 5.56 Å². The van der Waals surface area contributed by atoms with E-state index in [-0.39, 0.29) is 17.6 Å². The average molecular weight is 330 g/mol. The Labute approximate surface area is 140 Å². The van der Waals surface area contributed by atoms with E-state index in [1.165, 1.54) is 4.57 Å². The van der Waals surface area contributed by atoms with Crippen molar-refractivity contribution < 1.29 is 14.6 Å². The van der Waals surface area contributed by atoms with Gasteiger partial charge in [0.15, 0.2) is 12.0 Å². The van der Waals surface area contributed by atoms with Crippen LogP contribution >= 0.6 is 0 Å². The molecule has 1 aliphatic heterocycles. The summed E-state index contributed by atoms with van der Waals surface area (Å²) in [4.78, 5) is 14.3. The van der Waals surface area contributed by atoms with Crippen LogP contribution in [-0.2, 0) is 22.6 Å². The summed E-state index contributed by atoms with van der Waals surface area (Å²) in [6.07, 6.45) is 1.48. The van der Waals surface area contributed by atoms with Gasteiger partial charge in [0.05, 0.1) is 19.8 Å². The Balaban J connectivity index is 1.69. The fourth-order valence-corrected chi connectivity index (χ4v) is 2.75. The van der Waals surface area contributed by atoms with Crippen molar-refractivity contribution in [3.63, 3.8) is 0 Å². The maximum atomic E-state index is 12.4. The van der Waals surface area contributed by atoms with Gasteiger partial charge in [0, 0.05) is 24.8 Å². The second-order valence-corrected chi connectivity index (χ2v) is 5.98. The summed E-state index contributed by atoms with van der Waals surface area (Å²) in [5.74, 6) is -0.200. The van der Waals surface area contributed by atoms with Crippen LogP contribution in [0.2, 0.25) is 0 Å². The molecule has 0 atom stereocenters. The predicted octanol–water partition coefficient (Wildman–Crippen LogP) is 1.41. The molecule has 0 bridgehead atoms. The van der Waals surface area contributed by atoms with Crippen molar-refractivity contribution in [2.45, 2.75) is 19.4 Å². The molecule has 1 aromatic heterocycles. The molecule has 0 spiro atoms. The first-order valence-corrected chi connectivity index (χ1v) is 8.00. The number of aromatic hydroxyl groups is 1. The summed E-state index contributed by atoms with van der Waals surface area (Å²) >= 11 is 0. The molecule has 0 radical (unpaired) electrons. The van der Waals surface area contributed by atoms with E-state index in [1.807, 2.05) is 42.3 Å². The van der Waals surface area contributed by atoms with Crippen LogP contribution in [0.4, 0.5) is 0 Å². The molecular weight excluding hydrogens is 308 g/mol. The molecule has 0 unspecified atom stereocenters. The van der Waals surface area contributed by atoms with Gasteiger partial charge in [-0.25, -0.2) is 0 Å². The van der Waals surface area contributed by atoms with E-state index in [9.17, 15) is 9.90 Å². The lowest BCUT2D eigenvalue weighted by atomic mass is 10.2. The molecule has 1 aliphatic rings. The average Bonchev–Trinajstić information content (AvgIpc) is 3.08. The Morgan fingerprint density at radius 3 is 2.62 bits per heavy atom. The van der Waals surface area contributed by atoms with E-state index in [0.717, 1.165) is 5.56 Å². The van der Waals surface area contributed by atoms with Gasteiger partial charge in [-0.15, -0.1) is 0 Å². The number of likely N-dealkylation sites (N-methyl/N-ethyl adjacent to an activating group) is 1. The summed E-state index contributed by atoms with van der Waals surface area (Å²) in [6.45, 7) is 2.70. The molecule has 128 valence electrons. The Hall–Kier alpha value is -2.15.